The maximum atomic E-state index is 4.61. The van der Waals surface area contributed by atoms with E-state index in [1.54, 1.807) is 0 Å². The fourth-order valence-electron chi connectivity index (χ4n) is 3.03. The van der Waals surface area contributed by atoms with Crippen LogP contribution >= 0.6 is 0 Å². The molecule has 0 spiro atoms. The average molecular weight is 453 g/mol. The van der Waals surface area contributed by atoms with E-state index in [-0.39, 0.29) is 20.1 Å². The summed E-state index contributed by atoms with van der Waals surface area (Å²) in [7, 11) is 0. The molecule has 4 heteroatoms. The average Bonchev–Trinajstić information content (AvgIpc) is 2.80. The van der Waals surface area contributed by atoms with Gasteiger partial charge in [-0.2, -0.15) is 29.4 Å². The number of hydrogen-bond acceptors (Lipinski definition) is 2. The molecule has 4 aromatic rings. The summed E-state index contributed by atoms with van der Waals surface area (Å²) in [5.74, 6) is 0.788. The van der Waals surface area contributed by atoms with Crippen LogP contribution in [0.5, 0.6) is 0 Å². The Morgan fingerprint density at radius 1 is 1.10 bits per heavy atom. The van der Waals surface area contributed by atoms with Crippen LogP contribution in [0.3, 0.4) is 0 Å². The van der Waals surface area contributed by atoms with Gasteiger partial charge in [-0.25, -0.2) is 9.50 Å². The second-order valence-electron chi connectivity index (χ2n) is 5.33. The van der Waals surface area contributed by atoms with Crippen LogP contribution in [-0.2, 0) is 20.1 Å². The molecule has 0 N–H and O–H groups in total. The first kappa shape index (κ1) is 14.2. The largest absolute Gasteiger partial charge is 0.237 e. The van der Waals surface area contributed by atoms with Gasteiger partial charge in [0.25, 0.3) is 0 Å². The molecule has 0 aliphatic carbocycles. The number of pyridine rings is 1. The first-order valence-corrected chi connectivity index (χ1v) is 6.72. The van der Waals surface area contributed by atoms with Crippen molar-refractivity contribution in [2.24, 2.45) is 0 Å². The molecular formula is C17H14IrN3-. The van der Waals surface area contributed by atoms with Gasteiger partial charge in [-0.15, -0.1) is 5.39 Å². The van der Waals surface area contributed by atoms with Gasteiger partial charge < -0.3 is 0 Å². The maximum absolute atomic E-state index is 4.61. The molecule has 0 atom stereocenters. The van der Waals surface area contributed by atoms with Crippen LogP contribution in [0.25, 0.3) is 27.3 Å². The van der Waals surface area contributed by atoms with Crippen molar-refractivity contribution in [3.8, 4) is 0 Å². The van der Waals surface area contributed by atoms with E-state index in [1.165, 1.54) is 27.3 Å². The van der Waals surface area contributed by atoms with E-state index in [4.69, 9.17) is 0 Å². The molecule has 4 rings (SSSR count). The Balaban J connectivity index is 0.00000132. The minimum atomic E-state index is 0. The van der Waals surface area contributed by atoms with E-state index in [1.807, 2.05) is 23.6 Å². The van der Waals surface area contributed by atoms with Crippen molar-refractivity contribution in [1.29, 1.82) is 0 Å². The van der Waals surface area contributed by atoms with Crippen LogP contribution in [0.4, 0.5) is 0 Å². The van der Waals surface area contributed by atoms with E-state index in [0.29, 0.717) is 0 Å². The van der Waals surface area contributed by atoms with Crippen LogP contribution in [0.2, 0.25) is 0 Å². The monoisotopic (exact) mass is 453 g/mol. The molecular weight excluding hydrogens is 438 g/mol. The molecule has 2 heterocycles. The van der Waals surface area contributed by atoms with Crippen molar-refractivity contribution >= 4 is 27.3 Å². The van der Waals surface area contributed by atoms with Gasteiger partial charge in [0.05, 0.1) is 0 Å². The number of rotatable bonds is 0. The van der Waals surface area contributed by atoms with Crippen LogP contribution in [0.15, 0.2) is 30.3 Å². The summed E-state index contributed by atoms with van der Waals surface area (Å²) >= 11 is 0. The first-order valence-electron chi connectivity index (χ1n) is 6.72. The standard InChI is InChI=1S/C17H14N3.Ir/c1-10-8-11(2)16-14(9-10)13-6-4-5-7-15(13)20-17(16)18-12(3)19-20;/h4-6,8-9H,1-3H3;/q-1;. The molecule has 0 aliphatic rings. The molecule has 0 aliphatic heterocycles. The Bertz CT molecular complexity index is 986. The zero-order valence-electron chi connectivity index (χ0n) is 12.1. The fraction of sp³-hybridized carbons (Fsp3) is 0.176. The molecule has 3 nitrogen and oxygen atoms in total. The topological polar surface area (TPSA) is 30.2 Å². The number of aromatic nitrogens is 3. The molecule has 0 amide bonds. The first-order chi connectivity index (χ1) is 9.65. The van der Waals surface area contributed by atoms with E-state index in [2.05, 4.69) is 48.2 Å². The predicted molar refractivity (Wildman–Crippen MR) is 81.0 cm³/mol. The van der Waals surface area contributed by atoms with E-state index >= 15 is 0 Å². The summed E-state index contributed by atoms with van der Waals surface area (Å²) in [6.45, 7) is 6.19. The summed E-state index contributed by atoms with van der Waals surface area (Å²) in [5.41, 5.74) is 4.41. The van der Waals surface area contributed by atoms with Gasteiger partial charge in [-0.1, -0.05) is 23.1 Å². The van der Waals surface area contributed by atoms with Crippen LogP contribution in [-0.4, -0.2) is 14.6 Å². The third-order valence-corrected chi connectivity index (χ3v) is 3.75. The molecule has 0 fully saturated rings. The second kappa shape index (κ2) is 4.90. The summed E-state index contributed by atoms with van der Waals surface area (Å²) < 4.78 is 1.91. The minimum absolute atomic E-state index is 0. The summed E-state index contributed by atoms with van der Waals surface area (Å²) in [6, 6.07) is 13.8. The van der Waals surface area contributed by atoms with Crippen molar-refractivity contribution in [3.05, 3.63) is 53.3 Å². The molecule has 2 aromatic heterocycles. The summed E-state index contributed by atoms with van der Waals surface area (Å²) in [5, 5.41) is 8.12. The number of nitrogens with zero attached hydrogens (tertiary/aromatic N) is 3. The zero-order valence-corrected chi connectivity index (χ0v) is 14.5. The molecule has 2 aromatic carbocycles. The molecule has 21 heavy (non-hydrogen) atoms. The van der Waals surface area contributed by atoms with Gasteiger partial charge in [0.2, 0.25) is 0 Å². The van der Waals surface area contributed by atoms with Crippen LogP contribution in [0.1, 0.15) is 17.0 Å². The SMILES string of the molecule is Cc1cc(C)c2c(c1)c1ccc[c-]c1n1nc(C)nc21.[Ir]. The Morgan fingerprint density at radius 3 is 2.71 bits per heavy atom. The minimum Gasteiger partial charge on any atom is -0.237 e. The molecule has 1 radical (unpaired) electrons. The van der Waals surface area contributed by atoms with Gasteiger partial charge in [-0.05, 0) is 31.9 Å². The molecule has 107 valence electrons. The Morgan fingerprint density at radius 2 is 1.90 bits per heavy atom. The van der Waals surface area contributed by atoms with Crippen LogP contribution < -0.4 is 0 Å². The quantitative estimate of drug-likeness (QED) is 0.300. The van der Waals surface area contributed by atoms with Gasteiger partial charge in [0.1, 0.15) is 5.82 Å². The van der Waals surface area contributed by atoms with Crippen molar-refractivity contribution in [2.45, 2.75) is 20.8 Å². The predicted octanol–water partition coefficient (Wildman–Crippen LogP) is 3.76. The Labute approximate surface area is 136 Å². The zero-order chi connectivity index (χ0) is 13.9. The third kappa shape index (κ3) is 1.98. The van der Waals surface area contributed by atoms with Gasteiger partial charge in [-0.3, -0.25) is 0 Å². The van der Waals surface area contributed by atoms with Crippen molar-refractivity contribution in [2.75, 3.05) is 0 Å². The van der Waals surface area contributed by atoms with E-state index < -0.39 is 0 Å². The number of benzene rings is 2. The normalized spacial score (nSPS) is 11.2. The third-order valence-electron chi connectivity index (χ3n) is 3.75. The van der Waals surface area contributed by atoms with Crippen molar-refractivity contribution in [3.63, 3.8) is 0 Å². The van der Waals surface area contributed by atoms with Crippen molar-refractivity contribution < 1.29 is 20.1 Å². The molecule has 0 unspecified atom stereocenters. The summed E-state index contributed by atoms with van der Waals surface area (Å²) in [4.78, 5) is 4.61. The number of fused-ring (bicyclic) bond motifs is 6. The van der Waals surface area contributed by atoms with E-state index in [9.17, 15) is 0 Å². The smallest absolute Gasteiger partial charge is 0.160 e. The molecule has 0 saturated carbocycles. The Hall–Kier alpha value is -1.77. The molecule has 0 saturated heterocycles. The van der Waals surface area contributed by atoms with Crippen LogP contribution in [0, 0.1) is 26.8 Å². The molecule has 0 bridgehead atoms. The summed E-state index contributed by atoms with van der Waals surface area (Å²) in [6.07, 6.45) is 0. The van der Waals surface area contributed by atoms with Gasteiger partial charge >= 0.3 is 0 Å². The van der Waals surface area contributed by atoms with E-state index in [0.717, 1.165) is 17.0 Å². The van der Waals surface area contributed by atoms with Crippen molar-refractivity contribution in [1.82, 2.24) is 14.6 Å². The fourth-order valence-corrected chi connectivity index (χ4v) is 3.03. The number of para-hydroxylation sites is 1. The maximum Gasteiger partial charge on any atom is 0.160 e. The number of aryl methyl sites for hydroxylation is 3. The Kier molecular flexibility index (Phi) is 3.31. The number of hydrogen-bond donors (Lipinski definition) is 0. The van der Waals surface area contributed by atoms with Gasteiger partial charge in [0, 0.05) is 25.5 Å². The second-order valence-corrected chi connectivity index (χ2v) is 5.33. The van der Waals surface area contributed by atoms with Gasteiger partial charge in [0.15, 0.2) is 5.65 Å².